The van der Waals surface area contributed by atoms with E-state index in [0.29, 0.717) is 12.1 Å². The fourth-order valence-electron chi connectivity index (χ4n) is 4.83. The molecule has 2 fully saturated rings. The van der Waals surface area contributed by atoms with E-state index in [1.807, 2.05) is 0 Å². The molecule has 5 nitrogen and oxygen atoms in total. The maximum Gasteiger partial charge on any atom is 0.225 e. The van der Waals surface area contributed by atoms with E-state index >= 15 is 0 Å². The molecule has 2 N–H and O–H groups in total. The van der Waals surface area contributed by atoms with Gasteiger partial charge in [0.1, 0.15) is 5.82 Å². The van der Waals surface area contributed by atoms with Crippen molar-refractivity contribution < 1.29 is 0 Å². The van der Waals surface area contributed by atoms with Crippen LogP contribution in [0, 0.1) is 0 Å². The smallest absolute Gasteiger partial charge is 0.225 e. The summed E-state index contributed by atoms with van der Waals surface area (Å²) in [7, 11) is 2.07. The van der Waals surface area contributed by atoms with Crippen molar-refractivity contribution in [1.82, 2.24) is 15.3 Å². The zero-order chi connectivity index (χ0) is 17.1. The summed E-state index contributed by atoms with van der Waals surface area (Å²) in [6.07, 6.45) is 13.9. The standard InChI is InChI=1S/C20H33N5/c1-21-17-11-8-12-18(17)23-20-22-16-10-5-4-9-15(16)19(24-20)25-13-6-2-3-7-14-25/h17-18,21H,2-14H2,1H3,(H,22,23,24). The van der Waals surface area contributed by atoms with E-state index in [9.17, 15) is 0 Å². The lowest BCUT2D eigenvalue weighted by Gasteiger charge is -2.29. The van der Waals surface area contributed by atoms with Gasteiger partial charge in [0.15, 0.2) is 0 Å². The molecular formula is C20H33N5. The Morgan fingerprint density at radius 2 is 1.60 bits per heavy atom. The molecule has 1 saturated carbocycles. The van der Waals surface area contributed by atoms with Crippen molar-refractivity contribution in [2.45, 2.75) is 82.7 Å². The molecule has 2 heterocycles. The molecule has 1 saturated heterocycles. The summed E-state index contributed by atoms with van der Waals surface area (Å²) in [5.41, 5.74) is 2.75. The van der Waals surface area contributed by atoms with E-state index in [1.54, 1.807) is 0 Å². The van der Waals surface area contributed by atoms with Crippen molar-refractivity contribution in [2.75, 3.05) is 30.4 Å². The van der Waals surface area contributed by atoms with E-state index in [4.69, 9.17) is 9.97 Å². The highest BCUT2D eigenvalue weighted by Gasteiger charge is 2.28. The quantitative estimate of drug-likeness (QED) is 0.879. The predicted molar refractivity (Wildman–Crippen MR) is 103 cm³/mol. The number of likely N-dealkylation sites (N-methyl/N-ethyl adjacent to an activating group) is 1. The third-order valence-electron chi connectivity index (χ3n) is 6.27. The summed E-state index contributed by atoms with van der Waals surface area (Å²) in [6.45, 7) is 2.32. The summed E-state index contributed by atoms with van der Waals surface area (Å²) >= 11 is 0. The predicted octanol–water partition coefficient (Wildman–Crippen LogP) is 3.29. The van der Waals surface area contributed by atoms with Gasteiger partial charge in [-0.3, -0.25) is 0 Å². The number of aromatic nitrogens is 2. The van der Waals surface area contributed by atoms with Gasteiger partial charge < -0.3 is 15.5 Å². The van der Waals surface area contributed by atoms with Gasteiger partial charge in [0.05, 0.1) is 5.69 Å². The molecule has 3 aliphatic rings. The van der Waals surface area contributed by atoms with Crippen molar-refractivity contribution in [3.8, 4) is 0 Å². The van der Waals surface area contributed by atoms with Crippen LogP contribution in [0.25, 0.3) is 0 Å². The molecule has 0 amide bonds. The lowest BCUT2D eigenvalue weighted by atomic mass is 9.96. The van der Waals surface area contributed by atoms with Gasteiger partial charge in [0.2, 0.25) is 5.95 Å². The normalized spacial score (nSPS) is 27.0. The summed E-state index contributed by atoms with van der Waals surface area (Å²) < 4.78 is 0. The number of nitrogens with one attached hydrogen (secondary N) is 2. The van der Waals surface area contributed by atoms with E-state index in [0.717, 1.165) is 31.9 Å². The molecule has 0 spiro atoms. The van der Waals surface area contributed by atoms with Crippen LogP contribution in [0.2, 0.25) is 0 Å². The minimum Gasteiger partial charge on any atom is -0.356 e. The number of fused-ring (bicyclic) bond motifs is 1. The Morgan fingerprint density at radius 3 is 2.40 bits per heavy atom. The van der Waals surface area contributed by atoms with Gasteiger partial charge in [-0.15, -0.1) is 0 Å². The van der Waals surface area contributed by atoms with Crippen LogP contribution in [0.1, 0.15) is 69.0 Å². The van der Waals surface area contributed by atoms with Crippen LogP contribution in [0.15, 0.2) is 0 Å². The minimum absolute atomic E-state index is 0.462. The molecule has 1 aromatic rings. The molecule has 1 aromatic heterocycles. The molecule has 0 aromatic carbocycles. The van der Waals surface area contributed by atoms with E-state index in [-0.39, 0.29) is 0 Å². The molecule has 5 heteroatoms. The summed E-state index contributed by atoms with van der Waals surface area (Å²) in [6, 6.07) is 1.00. The maximum atomic E-state index is 5.06. The highest BCUT2D eigenvalue weighted by molar-refractivity contribution is 5.54. The first-order valence-electron chi connectivity index (χ1n) is 10.4. The number of hydrogen-bond donors (Lipinski definition) is 2. The minimum atomic E-state index is 0.462. The Labute approximate surface area is 152 Å². The molecule has 1 aliphatic heterocycles. The average Bonchev–Trinajstić information content (AvgIpc) is 2.91. The molecule has 2 aliphatic carbocycles. The van der Waals surface area contributed by atoms with Crippen molar-refractivity contribution >= 4 is 11.8 Å². The number of hydrogen-bond acceptors (Lipinski definition) is 5. The first kappa shape index (κ1) is 17.1. The zero-order valence-corrected chi connectivity index (χ0v) is 15.7. The van der Waals surface area contributed by atoms with Gasteiger partial charge >= 0.3 is 0 Å². The summed E-state index contributed by atoms with van der Waals surface area (Å²) in [5, 5.41) is 7.13. The number of anilines is 2. The van der Waals surface area contributed by atoms with Gasteiger partial charge in [-0.05, 0) is 64.8 Å². The first-order valence-corrected chi connectivity index (χ1v) is 10.4. The van der Waals surface area contributed by atoms with Crippen molar-refractivity contribution in [3.05, 3.63) is 11.3 Å². The molecule has 0 bridgehead atoms. The van der Waals surface area contributed by atoms with Crippen LogP contribution >= 0.6 is 0 Å². The SMILES string of the molecule is CNC1CCCC1Nc1nc2c(c(N3CCCCCC3)n1)CCCC2. The topological polar surface area (TPSA) is 53.1 Å². The molecule has 25 heavy (non-hydrogen) atoms. The second-order valence-corrected chi connectivity index (χ2v) is 7.98. The van der Waals surface area contributed by atoms with Gasteiger partial charge in [0.25, 0.3) is 0 Å². The van der Waals surface area contributed by atoms with Gasteiger partial charge in [0, 0.05) is 30.7 Å². The van der Waals surface area contributed by atoms with E-state index < -0.39 is 0 Å². The van der Waals surface area contributed by atoms with Gasteiger partial charge in [-0.1, -0.05) is 12.8 Å². The Morgan fingerprint density at radius 1 is 0.840 bits per heavy atom. The molecular weight excluding hydrogens is 310 g/mol. The molecule has 2 atom stereocenters. The van der Waals surface area contributed by atoms with E-state index in [2.05, 4.69) is 22.6 Å². The lowest BCUT2D eigenvalue weighted by molar-refractivity contribution is 0.537. The summed E-state index contributed by atoms with van der Waals surface area (Å²) in [4.78, 5) is 12.6. The third-order valence-corrected chi connectivity index (χ3v) is 6.27. The zero-order valence-electron chi connectivity index (χ0n) is 15.7. The number of aryl methyl sites for hydroxylation is 1. The monoisotopic (exact) mass is 343 g/mol. The van der Waals surface area contributed by atoms with Crippen LogP contribution in [-0.2, 0) is 12.8 Å². The number of nitrogens with zero attached hydrogens (tertiary/aromatic N) is 3. The first-order chi connectivity index (χ1) is 12.3. The fourth-order valence-corrected chi connectivity index (χ4v) is 4.83. The van der Waals surface area contributed by atoms with Crippen LogP contribution in [-0.4, -0.2) is 42.2 Å². The summed E-state index contributed by atoms with van der Waals surface area (Å²) in [5.74, 6) is 2.11. The van der Waals surface area contributed by atoms with Crippen LogP contribution < -0.4 is 15.5 Å². The maximum absolute atomic E-state index is 5.06. The Kier molecular flexibility index (Phi) is 5.39. The highest BCUT2D eigenvalue weighted by Crippen LogP contribution is 2.31. The van der Waals surface area contributed by atoms with Gasteiger partial charge in [-0.2, -0.15) is 4.98 Å². The number of rotatable bonds is 4. The molecule has 138 valence electrons. The largest absolute Gasteiger partial charge is 0.356 e. The Balaban J connectivity index is 1.62. The third kappa shape index (κ3) is 3.76. The second-order valence-electron chi connectivity index (χ2n) is 7.98. The average molecular weight is 344 g/mol. The Bertz CT molecular complexity index is 580. The van der Waals surface area contributed by atoms with Crippen molar-refractivity contribution in [1.29, 1.82) is 0 Å². The lowest BCUT2D eigenvalue weighted by Crippen LogP contribution is -2.38. The van der Waals surface area contributed by atoms with Crippen LogP contribution in [0.3, 0.4) is 0 Å². The second kappa shape index (κ2) is 7.90. The van der Waals surface area contributed by atoms with Crippen LogP contribution in [0.4, 0.5) is 11.8 Å². The molecule has 4 rings (SSSR count). The fraction of sp³-hybridized carbons (Fsp3) is 0.800. The molecule has 0 radical (unpaired) electrons. The molecule has 2 unspecified atom stereocenters. The Hall–Kier alpha value is -1.36. The highest BCUT2D eigenvalue weighted by atomic mass is 15.2. The van der Waals surface area contributed by atoms with E-state index in [1.165, 1.54) is 74.9 Å². The van der Waals surface area contributed by atoms with Crippen molar-refractivity contribution in [2.24, 2.45) is 0 Å². The van der Waals surface area contributed by atoms with Gasteiger partial charge in [-0.25, -0.2) is 4.98 Å². The van der Waals surface area contributed by atoms with Crippen molar-refractivity contribution in [3.63, 3.8) is 0 Å². The van der Waals surface area contributed by atoms with Crippen LogP contribution in [0.5, 0.6) is 0 Å².